The fraction of sp³-hybridized carbons (Fsp3) is 0.462. The molecule has 3 nitrogen and oxygen atoms in total. The first-order valence-corrected chi connectivity index (χ1v) is 6.20. The molecule has 1 aliphatic rings. The van der Waals surface area contributed by atoms with Crippen LogP contribution in [0.25, 0.3) is 0 Å². The molecule has 92 valence electrons. The number of nitrogens with one attached hydrogen (secondary N) is 1. The highest BCUT2D eigenvalue weighted by molar-refractivity contribution is 6.34. The average Bonchev–Trinajstić information content (AvgIpc) is 2.30. The first kappa shape index (κ1) is 12.4. The van der Waals surface area contributed by atoms with E-state index in [1.807, 2.05) is 19.1 Å². The van der Waals surface area contributed by atoms with Crippen molar-refractivity contribution in [3.8, 4) is 0 Å². The van der Waals surface area contributed by atoms with Gasteiger partial charge >= 0.3 is 0 Å². The van der Waals surface area contributed by atoms with Gasteiger partial charge in [0.15, 0.2) is 0 Å². The standard InChI is InChI=1S/C13H16ClNO2/c1-9-3-2-4-11(14)12(9)13(16)15-10-5-7-17-8-6-10/h2-4,10H,5-8H2,1H3,(H,15,16). The Balaban J connectivity index is 2.08. The normalized spacial score (nSPS) is 16.8. The number of carbonyl (C=O) groups excluding carboxylic acids is 1. The number of benzene rings is 1. The van der Waals surface area contributed by atoms with E-state index in [9.17, 15) is 4.79 Å². The lowest BCUT2D eigenvalue weighted by atomic mass is 10.1. The monoisotopic (exact) mass is 253 g/mol. The summed E-state index contributed by atoms with van der Waals surface area (Å²) in [6.07, 6.45) is 1.74. The van der Waals surface area contributed by atoms with Crippen molar-refractivity contribution < 1.29 is 9.53 Å². The summed E-state index contributed by atoms with van der Waals surface area (Å²) in [5.74, 6) is -0.0833. The zero-order valence-electron chi connectivity index (χ0n) is 9.83. The summed E-state index contributed by atoms with van der Waals surface area (Å²) >= 11 is 6.06. The quantitative estimate of drug-likeness (QED) is 0.880. The van der Waals surface area contributed by atoms with Crippen LogP contribution in [-0.2, 0) is 4.74 Å². The van der Waals surface area contributed by atoms with Crippen molar-refractivity contribution in [2.45, 2.75) is 25.8 Å². The second kappa shape index (κ2) is 5.52. The number of carbonyl (C=O) groups is 1. The van der Waals surface area contributed by atoms with Gasteiger partial charge in [-0.1, -0.05) is 23.7 Å². The summed E-state index contributed by atoms with van der Waals surface area (Å²) in [5.41, 5.74) is 1.49. The molecule has 0 atom stereocenters. The van der Waals surface area contributed by atoms with E-state index in [2.05, 4.69) is 5.32 Å². The Labute approximate surface area is 106 Å². The van der Waals surface area contributed by atoms with Crippen molar-refractivity contribution in [2.75, 3.05) is 13.2 Å². The van der Waals surface area contributed by atoms with Crippen LogP contribution in [0.1, 0.15) is 28.8 Å². The van der Waals surface area contributed by atoms with E-state index >= 15 is 0 Å². The number of aryl methyl sites for hydroxylation is 1. The van der Waals surface area contributed by atoms with Gasteiger partial charge < -0.3 is 10.1 Å². The van der Waals surface area contributed by atoms with Gasteiger partial charge in [0.25, 0.3) is 5.91 Å². The van der Waals surface area contributed by atoms with Crippen LogP contribution < -0.4 is 5.32 Å². The van der Waals surface area contributed by atoms with Crippen LogP contribution in [0.5, 0.6) is 0 Å². The Morgan fingerprint density at radius 3 is 2.76 bits per heavy atom. The third-order valence-corrected chi connectivity index (χ3v) is 3.32. The minimum absolute atomic E-state index is 0.0833. The molecular weight excluding hydrogens is 238 g/mol. The molecule has 1 heterocycles. The van der Waals surface area contributed by atoms with Crippen LogP contribution in [0.4, 0.5) is 0 Å². The average molecular weight is 254 g/mol. The third-order valence-electron chi connectivity index (χ3n) is 3.01. The maximum absolute atomic E-state index is 12.1. The SMILES string of the molecule is Cc1cccc(Cl)c1C(=O)NC1CCOCC1. The predicted octanol–water partition coefficient (Wildman–Crippen LogP) is 2.56. The van der Waals surface area contributed by atoms with Crippen molar-refractivity contribution in [2.24, 2.45) is 0 Å². The largest absolute Gasteiger partial charge is 0.381 e. The van der Waals surface area contributed by atoms with Gasteiger partial charge in [-0.15, -0.1) is 0 Å². The molecule has 1 aliphatic heterocycles. The lowest BCUT2D eigenvalue weighted by Gasteiger charge is -2.23. The van der Waals surface area contributed by atoms with Crippen LogP contribution >= 0.6 is 11.6 Å². The number of rotatable bonds is 2. The van der Waals surface area contributed by atoms with Crippen LogP contribution in [-0.4, -0.2) is 25.2 Å². The number of ether oxygens (including phenoxy) is 1. The molecule has 1 aromatic rings. The Bertz CT molecular complexity index is 394. The highest BCUT2D eigenvalue weighted by Crippen LogP contribution is 2.20. The molecule has 1 amide bonds. The Hall–Kier alpha value is -1.06. The van der Waals surface area contributed by atoms with Crippen molar-refractivity contribution in [3.05, 3.63) is 34.3 Å². The summed E-state index contributed by atoms with van der Waals surface area (Å²) in [6, 6.07) is 5.69. The molecule has 1 N–H and O–H groups in total. The molecule has 17 heavy (non-hydrogen) atoms. The maximum atomic E-state index is 12.1. The molecule has 0 unspecified atom stereocenters. The van der Waals surface area contributed by atoms with Crippen molar-refractivity contribution in [3.63, 3.8) is 0 Å². The second-order valence-electron chi connectivity index (χ2n) is 4.29. The van der Waals surface area contributed by atoms with Crippen LogP contribution in [0.3, 0.4) is 0 Å². The summed E-state index contributed by atoms with van der Waals surface area (Å²) in [6.45, 7) is 3.32. The number of halogens is 1. The third kappa shape index (κ3) is 2.99. The van der Waals surface area contributed by atoms with E-state index in [1.54, 1.807) is 6.07 Å². The molecule has 2 rings (SSSR count). The van der Waals surface area contributed by atoms with Gasteiger partial charge in [-0.25, -0.2) is 0 Å². The van der Waals surface area contributed by atoms with Gasteiger partial charge in [-0.2, -0.15) is 0 Å². The molecule has 0 spiro atoms. The van der Waals surface area contributed by atoms with Crippen molar-refractivity contribution >= 4 is 17.5 Å². The smallest absolute Gasteiger partial charge is 0.253 e. The highest BCUT2D eigenvalue weighted by atomic mass is 35.5. The molecule has 0 aromatic heterocycles. The topological polar surface area (TPSA) is 38.3 Å². The van der Waals surface area contributed by atoms with Gasteiger partial charge in [-0.05, 0) is 31.4 Å². The van der Waals surface area contributed by atoms with E-state index in [4.69, 9.17) is 16.3 Å². The van der Waals surface area contributed by atoms with Gasteiger partial charge in [0.05, 0.1) is 10.6 Å². The maximum Gasteiger partial charge on any atom is 0.253 e. The summed E-state index contributed by atoms with van der Waals surface area (Å²) < 4.78 is 5.26. The van der Waals surface area contributed by atoms with E-state index in [1.165, 1.54) is 0 Å². The van der Waals surface area contributed by atoms with Crippen LogP contribution in [0, 0.1) is 6.92 Å². The van der Waals surface area contributed by atoms with Crippen LogP contribution in [0.2, 0.25) is 5.02 Å². The van der Waals surface area contributed by atoms with E-state index < -0.39 is 0 Å². The van der Waals surface area contributed by atoms with E-state index in [0.717, 1.165) is 18.4 Å². The molecule has 1 saturated heterocycles. The van der Waals surface area contributed by atoms with E-state index in [-0.39, 0.29) is 11.9 Å². The zero-order valence-corrected chi connectivity index (χ0v) is 10.6. The zero-order chi connectivity index (χ0) is 12.3. The molecule has 0 aliphatic carbocycles. The summed E-state index contributed by atoms with van der Waals surface area (Å²) in [5, 5.41) is 3.52. The summed E-state index contributed by atoms with van der Waals surface area (Å²) in [4.78, 5) is 12.1. The molecule has 0 saturated carbocycles. The molecule has 0 bridgehead atoms. The first-order chi connectivity index (χ1) is 8.18. The predicted molar refractivity (Wildman–Crippen MR) is 67.5 cm³/mol. The Morgan fingerprint density at radius 1 is 1.41 bits per heavy atom. The molecule has 1 aromatic carbocycles. The van der Waals surface area contributed by atoms with Crippen LogP contribution in [0.15, 0.2) is 18.2 Å². The number of hydrogen-bond donors (Lipinski definition) is 1. The van der Waals surface area contributed by atoms with E-state index in [0.29, 0.717) is 23.8 Å². The Morgan fingerprint density at radius 2 is 2.12 bits per heavy atom. The number of amides is 1. The lowest BCUT2D eigenvalue weighted by Crippen LogP contribution is -2.39. The summed E-state index contributed by atoms with van der Waals surface area (Å²) in [7, 11) is 0. The molecular formula is C13H16ClNO2. The second-order valence-corrected chi connectivity index (χ2v) is 4.70. The molecule has 1 fully saturated rings. The fourth-order valence-electron chi connectivity index (χ4n) is 2.02. The lowest BCUT2D eigenvalue weighted by molar-refractivity contribution is 0.0696. The minimum atomic E-state index is -0.0833. The fourth-order valence-corrected chi connectivity index (χ4v) is 2.33. The molecule has 0 radical (unpaired) electrons. The van der Waals surface area contributed by atoms with Crippen molar-refractivity contribution in [1.82, 2.24) is 5.32 Å². The van der Waals surface area contributed by atoms with Crippen molar-refractivity contribution in [1.29, 1.82) is 0 Å². The molecule has 4 heteroatoms. The number of hydrogen-bond acceptors (Lipinski definition) is 2. The Kier molecular flexibility index (Phi) is 4.02. The van der Waals surface area contributed by atoms with Gasteiger partial charge in [0.2, 0.25) is 0 Å². The van der Waals surface area contributed by atoms with Gasteiger partial charge in [-0.3, -0.25) is 4.79 Å². The van der Waals surface area contributed by atoms with Gasteiger partial charge in [0.1, 0.15) is 0 Å². The highest BCUT2D eigenvalue weighted by Gasteiger charge is 2.19. The van der Waals surface area contributed by atoms with Gasteiger partial charge in [0, 0.05) is 19.3 Å². The minimum Gasteiger partial charge on any atom is -0.381 e. The first-order valence-electron chi connectivity index (χ1n) is 5.82.